The van der Waals surface area contributed by atoms with E-state index in [0.717, 1.165) is 25.5 Å². The molecule has 2 aliphatic rings. The van der Waals surface area contributed by atoms with E-state index in [4.69, 9.17) is 0 Å². The maximum Gasteiger partial charge on any atom is 0.234 e. The molecule has 14 heavy (non-hydrogen) atoms. The minimum Gasteiger partial charge on any atom is -0.303 e. The van der Waals surface area contributed by atoms with Crippen LogP contribution in [0.5, 0.6) is 0 Å². The summed E-state index contributed by atoms with van der Waals surface area (Å²) >= 11 is 0. The Morgan fingerprint density at radius 2 is 2.21 bits per heavy atom. The van der Waals surface area contributed by atoms with Crippen LogP contribution in [-0.4, -0.2) is 18.1 Å². The summed E-state index contributed by atoms with van der Waals surface area (Å²) in [4.78, 5) is 33.7. The number of aldehydes is 1. The minimum atomic E-state index is -0.697. The molecule has 4 nitrogen and oxygen atoms in total. The van der Waals surface area contributed by atoms with E-state index in [9.17, 15) is 14.4 Å². The highest BCUT2D eigenvalue weighted by molar-refractivity contribution is 6.08. The van der Waals surface area contributed by atoms with Gasteiger partial charge in [0.05, 0.1) is 11.3 Å². The molecule has 0 aromatic rings. The van der Waals surface area contributed by atoms with Gasteiger partial charge < -0.3 is 4.79 Å². The molecule has 0 aromatic heterocycles. The van der Waals surface area contributed by atoms with Crippen molar-refractivity contribution in [3.8, 4) is 0 Å². The number of hydrogen-bond donors (Lipinski definition) is 1. The molecule has 2 fully saturated rings. The van der Waals surface area contributed by atoms with Gasteiger partial charge in [-0.3, -0.25) is 14.9 Å². The van der Waals surface area contributed by atoms with Gasteiger partial charge in [-0.2, -0.15) is 0 Å². The van der Waals surface area contributed by atoms with E-state index in [1.54, 1.807) is 0 Å². The number of hydrogen-bond acceptors (Lipinski definition) is 3. The van der Waals surface area contributed by atoms with Gasteiger partial charge in [-0.05, 0) is 12.8 Å². The summed E-state index contributed by atoms with van der Waals surface area (Å²) in [6.07, 6.45) is 4.28. The van der Waals surface area contributed by atoms with E-state index in [1.165, 1.54) is 0 Å². The molecule has 1 aliphatic carbocycles. The molecule has 4 heteroatoms. The molecule has 1 aliphatic heterocycles. The molecule has 0 spiro atoms. The molecule has 76 valence electrons. The van der Waals surface area contributed by atoms with E-state index < -0.39 is 5.41 Å². The van der Waals surface area contributed by atoms with E-state index >= 15 is 0 Å². The quantitative estimate of drug-likeness (QED) is 0.512. The van der Waals surface area contributed by atoms with Crippen molar-refractivity contribution in [2.45, 2.75) is 32.1 Å². The number of amides is 2. The van der Waals surface area contributed by atoms with Crippen molar-refractivity contribution in [1.82, 2.24) is 5.32 Å². The zero-order valence-corrected chi connectivity index (χ0v) is 7.91. The van der Waals surface area contributed by atoms with Crippen molar-refractivity contribution in [2.24, 2.45) is 11.3 Å². The minimum absolute atomic E-state index is 0.184. The van der Waals surface area contributed by atoms with Gasteiger partial charge in [0, 0.05) is 6.42 Å². The highest BCUT2D eigenvalue weighted by Crippen LogP contribution is 2.46. The molecule has 0 bridgehead atoms. The van der Waals surface area contributed by atoms with Crippen LogP contribution in [0.1, 0.15) is 32.1 Å². The lowest BCUT2D eigenvalue weighted by molar-refractivity contribution is -0.133. The molecule has 2 rings (SSSR count). The van der Waals surface area contributed by atoms with Gasteiger partial charge in [0.15, 0.2) is 0 Å². The Bertz CT molecular complexity index is 300. The highest BCUT2D eigenvalue weighted by atomic mass is 16.2. The van der Waals surface area contributed by atoms with Gasteiger partial charge in [-0.25, -0.2) is 0 Å². The summed E-state index contributed by atoms with van der Waals surface area (Å²) in [6, 6.07) is 0. The number of imide groups is 1. The van der Waals surface area contributed by atoms with Crippen molar-refractivity contribution >= 4 is 18.1 Å². The Balaban J connectivity index is 2.34. The standard InChI is InChI=1S/C10H13NO3/c12-6-5-10-4-2-1-3-7(10)8(13)11-9(10)14/h6-7H,1-5H2,(H,11,13,14). The summed E-state index contributed by atoms with van der Waals surface area (Å²) in [5, 5.41) is 2.35. The molecule has 1 saturated carbocycles. The molecule has 2 amide bonds. The molecule has 1 heterocycles. The third-order valence-electron chi connectivity index (χ3n) is 3.49. The predicted octanol–water partition coefficient (Wildman–Crippen LogP) is 0.408. The zero-order valence-electron chi connectivity index (χ0n) is 7.91. The van der Waals surface area contributed by atoms with Crippen molar-refractivity contribution in [3.63, 3.8) is 0 Å². The van der Waals surface area contributed by atoms with Crippen LogP contribution in [-0.2, 0) is 14.4 Å². The number of nitrogens with one attached hydrogen (secondary N) is 1. The van der Waals surface area contributed by atoms with E-state index in [2.05, 4.69) is 5.32 Å². The largest absolute Gasteiger partial charge is 0.303 e. The van der Waals surface area contributed by atoms with Crippen LogP contribution < -0.4 is 5.32 Å². The van der Waals surface area contributed by atoms with Crippen LogP contribution in [0.4, 0.5) is 0 Å². The average molecular weight is 195 g/mol. The molecular weight excluding hydrogens is 182 g/mol. The van der Waals surface area contributed by atoms with Crippen LogP contribution in [0.25, 0.3) is 0 Å². The predicted molar refractivity (Wildman–Crippen MR) is 48.2 cm³/mol. The normalized spacial score (nSPS) is 36.4. The summed E-state index contributed by atoms with van der Waals surface area (Å²) in [5.74, 6) is -0.676. The maximum atomic E-state index is 11.6. The molecule has 2 unspecified atom stereocenters. The number of carbonyl (C=O) groups excluding carboxylic acids is 3. The van der Waals surface area contributed by atoms with Gasteiger partial charge in [-0.15, -0.1) is 0 Å². The molecular formula is C10H13NO3. The fourth-order valence-corrected chi connectivity index (χ4v) is 2.70. The van der Waals surface area contributed by atoms with Gasteiger partial charge in [0.1, 0.15) is 6.29 Å². The first-order chi connectivity index (χ1) is 6.70. The Kier molecular flexibility index (Phi) is 2.13. The Morgan fingerprint density at radius 1 is 1.43 bits per heavy atom. The lowest BCUT2D eigenvalue weighted by Crippen LogP contribution is -2.37. The van der Waals surface area contributed by atoms with Gasteiger partial charge in [-0.1, -0.05) is 12.8 Å². The molecule has 2 atom stereocenters. The second-order valence-corrected chi connectivity index (χ2v) is 4.14. The molecule has 0 radical (unpaired) electrons. The van der Waals surface area contributed by atoms with Crippen LogP contribution in [0, 0.1) is 11.3 Å². The number of fused-ring (bicyclic) bond motifs is 1. The Labute approximate surface area is 82.0 Å². The lowest BCUT2D eigenvalue weighted by Gasteiger charge is -2.33. The smallest absolute Gasteiger partial charge is 0.234 e. The molecule has 0 aromatic carbocycles. The summed E-state index contributed by atoms with van der Waals surface area (Å²) in [6.45, 7) is 0. The number of rotatable bonds is 2. The van der Waals surface area contributed by atoms with Crippen LogP contribution in [0.15, 0.2) is 0 Å². The SMILES string of the molecule is O=CCC12CCCCC1C(=O)NC2=O. The first-order valence-corrected chi connectivity index (χ1v) is 4.99. The van der Waals surface area contributed by atoms with E-state index in [-0.39, 0.29) is 24.2 Å². The highest BCUT2D eigenvalue weighted by Gasteiger charge is 2.55. The Hall–Kier alpha value is -1.19. The van der Waals surface area contributed by atoms with E-state index in [1.807, 2.05) is 0 Å². The van der Waals surface area contributed by atoms with Crippen molar-refractivity contribution in [1.29, 1.82) is 0 Å². The fourth-order valence-electron chi connectivity index (χ4n) is 2.70. The number of carbonyl (C=O) groups is 3. The maximum absolute atomic E-state index is 11.6. The van der Waals surface area contributed by atoms with Gasteiger partial charge >= 0.3 is 0 Å². The topological polar surface area (TPSA) is 63.2 Å². The van der Waals surface area contributed by atoms with Gasteiger partial charge in [0.25, 0.3) is 0 Å². The van der Waals surface area contributed by atoms with Gasteiger partial charge in [0.2, 0.25) is 11.8 Å². The monoisotopic (exact) mass is 195 g/mol. The molecule has 1 N–H and O–H groups in total. The lowest BCUT2D eigenvalue weighted by atomic mass is 9.66. The zero-order chi connectivity index (χ0) is 10.2. The summed E-state index contributed by atoms with van der Waals surface area (Å²) in [5.41, 5.74) is -0.697. The Morgan fingerprint density at radius 3 is 2.93 bits per heavy atom. The first kappa shape index (κ1) is 9.37. The van der Waals surface area contributed by atoms with Crippen molar-refractivity contribution < 1.29 is 14.4 Å². The molecule has 1 saturated heterocycles. The summed E-state index contributed by atoms with van der Waals surface area (Å²) in [7, 11) is 0. The first-order valence-electron chi connectivity index (χ1n) is 4.99. The summed E-state index contributed by atoms with van der Waals surface area (Å²) < 4.78 is 0. The van der Waals surface area contributed by atoms with Crippen molar-refractivity contribution in [2.75, 3.05) is 0 Å². The average Bonchev–Trinajstić information content (AvgIpc) is 2.41. The third-order valence-corrected chi connectivity index (χ3v) is 3.49. The van der Waals surface area contributed by atoms with Crippen LogP contribution >= 0.6 is 0 Å². The fraction of sp³-hybridized carbons (Fsp3) is 0.700. The third kappa shape index (κ3) is 1.10. The van der Waals surface area contributed by atoms with Crippen molar-refractivity contribution in [3.05, 3.63) is 0 Å². The van der Waals surface area contributed by atoms with Crippen LogP contribution in [0.3, 0.4) is 0 Å². The van der Waals surface area contributed by atoms with E-state index in [0.29, 0.717) is 6.42 Å². The second-order valence-electron chi connectivity index (χ2n) is 4.14. The van der Waals surface area contributed by atoms with Crippen LogP contribution in [0.2, 0.25) is 0 Å². The second kappa shape index (κ2) is 3.19.